The zero-order chi connectivity index (χ0) is 15.2. The van der Waals surface area contributed by atoms with Crippen LogP contribution >= 0.6 is 0 Å². The molecule has 0 fully saturated rings. The summed E-state index contributed by atoms with van der Waals surface area (Å²) in [7, 11) is 6.18. The highest BCUT2D eigenvalue weighted by molar-refractivity contribution is 5.46. The Labute approximate surface area is 127 Å². The molecular weight excluding hydrogens is 260 g/mol. The maximum atomic E-state index is 4.45. The number of benzene rings is 1. The predicted molar refractivity (Wildman–Crippen MR) is 88.7 cm³/mol. The van der Waals surface area contributed by atoms with Crippen LogP contribution in [0.2, 0.25) is 0 Å². The first-order valence-electron chi connectivity index (χ1n) is 7.58. The molecule has 1 aromatic heterocycles. The average Bonchev–Trinajstić information content (AvgIpc) is 2.88. The van der Waals surface area contributed by atoms with Gasteiger partial charge in [0.05, 0.1) is 0 Å². The third kappa shape index (κ3) is 4.08. The van der Waals surface area contributed by atoms with Crippen molar-refractivity contribution < 1.29 is 0 Å². The van der Waals surface area contributed by atoms with Crippen molar-refractivity contribution in [1.82, 2.24) is 14.9 Å². The second kappa shape index (κ2) is 7.27. The highest BCUT2D eigenvalue weighted by atomic mass is 15.1. The molecule has 4 nitrogen and oxygen atoms in total. The van der Waals surface area contributed by atoms with Crippen LogP contribution in [0.3, 0.4) is 0 Å². The minimum Gasteiger partial charge on any atom is -0.378 e. The molecule has 1 aromatic carbocycles. The van der Waals surface area contributed by atoms with Gasteiger partial charge in [-0.3, -0.25) is 0 Å². The summed E-state index contributed by atoms with van der Waals surface area (Å²) in [5.74, 6) is 1.11. The van der Waals surface area contributed by atoms with Gasteiger partial charge in [0.2, 0.25) is 0 Å². The Balaban J connectivity index is 2.16. The monoisotopic (exact) mass is 286 g/mol. The maximum absolute atomic E-state index is 4.45. The van der Waals surface area contributed by atoms with Crippen molar-refractivity contribution in [3.8, 4) is 0 Å². The predicted octanol–water partition coefficient (Wildman–Crippen LogP) is 2.77. The van der Waals surface area contributed by atoms with Crippen molar-refractivity contribution >= 4 is 5.69 Å². The molecule has 1 atom stereocenters. The Morgan fingerprint density at radius 2 is 1.95 bits per heavy atom. The van der Waals surface area contributed by atoms with Gasteiger partial charge in [0.15, 0.2) is 0 Å². The van der Waals surface area contributed by atoms with Crippen LogP contribution in [0.25, 0.3) is 0 Å². The van der Waals surface area contributed by atoms with Gasteiger partial charge in [0, 0.05) is 51.7 Å². The summed E-state index contributed by atoms with van der Waals surface area (Å²) in [4.78, 5) is 6.57. The number of aromatic nitrogens is 2. The largest absolute Gasteiger partial charge is 0.378 e. The Bertz CT molecular complexity index is 542. The van der Waals surface area contributed by atoms with Crippen LogP contribution in [0.4, 0.5) is 5.69 Å². The summed E-state index contributed by atoms with van der Waals surface area (Å²) in [5, 5.41) is 3.63. The zero-order valence-corrected chi connectivity index (χ0v) is 13.5. The molecule has 0 saturated carbocycles. The van der Waals surface area contributed by atoms with Crippen LogP contribution in [0.5, 0.6) is 0 Å². The summed E-state index contributed by atoms with van der Waals surface area (Å²) < 4.78 is 2.09. The minimum atomic E-state index is 0.308. The SMILES string of the molecule is CCCNC(Cc1nccn1C)c1ccc(N(C)C)cc1. The summed E-state index contributed by atoms with van der Waals surface area (Å²) in [5.41, 5.74) is 2.54. The van der Waals surface area contributed by atoms with E-state index < -0.39 is 0 Å². The fourth-order valence-corrected chi connectivity index (χ4v) is 2.41. The van der Waals surface area contributed by atoms with Gasteiger partial charge < -0.3 is 14.8 Å². The van der Waals surface area contributed by atoms with E-state index in [1.54, 1.807) is 0 Å². The van der Waals surface area contributed by atoms with Crippen molar-refractivity contribution in [2.45, 2.75) is 25.8 Å². The van der Waals surface area contributed by atoms with Crippen molar-refractivity contribution in [1.29, 1.82) is 0 Å². The first-order chi connectivity index (χ1) is 10.1. The van der Waals surface area contributed by atoms with E-state index in [-0.39, 0.29) is 0 Å². The number of rotatable bonds is 7. The summed E-state index contributed by atoms with van der Waals surface area (Å²) in [6.45, 7) is 3.21. The first kappa shape index (κ1) is 15.6. The number of nitrogens with one attached hydrogen (secondary N) is 1. The lowest BCUT2D eigenvalue weighted by atomic mass is 10.0. The van der Waals surface area contributed by atoms with E-state index in [0.29, 0.717) is 6.04 Å². The van der Waals surface area contributed by atoms with E-state index in [2.05, 4.69) is 65.1 Å². The van der Waals surface area contributed by atoms with Gasteiger partial charge in [-0.05, 0) is 30.7 Å². The van der Waals surface area contributed by atoms with E-state index in [9.17, 15) is 0 Å². The molecule has 2 rings (SSSR count). The molecule has 0 aliphatic carbocycles. The van der Waals surface area contributed by atoms with Crippen LogP contribution in [-0.2, 0) is 13.5 Å². The van der Waals surface area contributed by atoms with Crippen molar-refractivity contribution in [2.75, 3.05) is 25.5 Å². The van der Waals surface area contributed by atoms with Gasteiger partial charge >= 0.3 is 0 Å². The van der Waals surface area contributed by atoms with Gasteiger partial charge in [-0.2, -0.15) is 0 Å². The Morgan fingerprint density at radius 1 is 1.24 bits per heavy atom. The van der Waals surface area contributed by atoms with Crippen LogP contribution in [0.1, 0.15) is 30.8 Å². The third-order valence-electron chi connectivity index (χ3n) is 3.76. The molecule has 0 spiro atoms. The quantitative estimate of drug-likeness (QED) is 0.849. The molecule has 4 heteroatoms. The van der Waals surface area contributed by atoms with Crippen molar-refractivity contribution in [3.63, 3.8) is 0 Å². The molecular formula is C17H26N4. The maximum Gasteiger partial charge on any atom is 0.110 e. The standard InChI is InChI=1S/C17H26N4/c1-5-10-18-16(13-17-19-11-12-21(17)4)14-6-8-15(9-7-14)20(2)3/h6-9,11-12,16,18H,5,10,13H2,1-4H3. The molecule has 0 radical (unpaired) electrons. The van der Waals surface area contributed by atoms with E-state index in [4.69, 9.17) is 0 Å². The molecule has 114 valence electrons. The lowest BCUT2D eigenvalue weighted by Crippen LogP contribution is -2.25. The van der Waals surface area contributed by atoms with Gasteiger partial charge in [-0.15, -0.1) is 0 Å². The smallest absolute Gasteiger partial charge is 0.110 e. The molecule has 0 aliphatic heterocycles. The number of hydrogen-bond acceptors (Lipinski definition) is 3. The molecule has 1 unspecified atom stereocenters. The van der Waals surface area contributed by atoms with Gasteiger partial charge in [-0.25, -0.2) is 4.98 Å². The van der Waals surface area contributed by atoms with Crippen molar-refractivity contribution in [3.05, 3.63) is 48.0 Å². The number of imidazole rings is 1. The van der Waals surface area contributed by atoms with Gasteiger partial charge in [0.25, 0.3) is 0 Å². The normalized spacial score (nSPS) is 12.4. The second-order valence-corrected chi connectivity index (χ2v) is 5.65. The van der Waals surface area contributed by atoms with E-state index >= 15 is 0 Å². The third-order valence-corrected chi connectivity index (χ3v) is 3.76. The number of hydrogen-bond donors (Lipinski definition) is 1. The molecule has 0 aliphatic rings. The minimum absolute atomic E-state index is 0.308. The Morgan fingerprint density at radius 3 is 2.48 bits per heavy atom. The Kier molecular flexibility index (Phi) is 5.39. The van der Waals surface area contributed by atoms with Crippen LogP contribution in [0, 0.1) is 0 Å². The number of aryl methyl sites for hydroxylation is 1. The van der Waals surface area contributed by atoms with E-state index in [1.807, 2.05) is 19.4 Å². The van der Waals surface area contributed by atoms with E-state index in [1.165, 1.54) is 11.3 Å². The lowest BCUT2D eigenvalue weighted by Gasteiger charge is -2.20. The van der Waals surface area contributed by atoms with Crippen LogP contribution in [-0.4, -0.2) is 30.2 Å². The van der Waals surface area contributed by atoms with Crippen molar-refractivity contribution in [2.24, 2.45) is 7.05 Å². The molecule has 21 heavy (non-hydrogen) atoms. The highest BCUT2D eigenvalue weighted by Crippen LogP contribution is 2.21. The molecule has 1 N–H and O–H groups in total. The number of nitrogens with zero attached hydrogens (tertiary/aromatic N) is 3. The number of anilines is 1. The van der Waals surface area contributed by atoms with Crippen LogP contribution in [0.15, 0.2) is 36.7 Å². The van der Waals surface area contributed by atoms with Crippen LogP contribution < -0.4 is 10.2 Å². The fraction of sp³-hybridized carbons (Fsp3) is 0.471. The average molecular weight is 286 g/mol. The molecule has 2 aromatic rings. The Hall–Kier alpha value is -1.81. The van der Waals surface area contributed by atoms with Gasteiger partial charge in [-0.1, -0.05) is 19.1 Å². The van der Waals surface area contributed by atoms with E-state index in [0.717, 1.165) is 25.2 Å². The van der Waals surface area contributed by atoms with Gasteiger partial charge in [0.1, 0.15) is 5.82 Å². The molecule has 0 bridgehead atoms. The molecule has 1 heterocycles. The fourth-order valence-electron chi connectivity index (χ4n) is 2.41. The first-order valence-corrected chi connectivity index (χ1v) is 7.58. The topological polar surface area (TPSA) is 33.1 Å². The second-order valence-electron chi connectivity index (χ2n) is 5.65. The summed E-state index contributed by atoms with van der Waals surface area (Å²) in [6.07, 6.45) is 5.90. The summed E-state index contributed by atoms with van der Waals surface area (Å²) >= 11 is 0. The molecule has 0 saturated heterocycles. The summed E-state index contributed by atoms with van der Waals surface area (Å²) in [6, 6.07) is 9.09. The lowest BCUT2D eigenvalue weighted by molar-refractivity contribution is 0.512. The molecule has 0 amide bonds. The highest BCUT2D eigenvalue weighted by Gasteiger charge is 2.14. The zero-order valence-electron chi connectivity index (χ0n) is 13.5.